The van der Waals surface area contributed by atoms with Crippen molar-refractivity contribution in [3.8, 4) is 5.75 Å². The van der Waals surface area contributed by atoms with E-state index in [-0.39, 0.29) is 0 Å². The van der Waals surface area contributed by atoms with Crippen molar-refractivity contribution in [1.29, 1.82) is 0 Å². The molecule has 0 bridgehead atoms. The third-order valence-electron chi connectivity index (χ3n) is 4.41. The van der Waals surface area contributed by atoms with Crippen molar-refractivity contribution in [3.63, 3.8) is 0 Å². The van der Waals surface area contributed by atoms with Gasteiger partial charge in [-0.3, -0.25) is 4.98 Å². The molecule has 0 unspecified atom stereocenters. The highest BCUT2D eigenvalue weighted by Crippen LogP contribution is 2.35. The summed E-state index contributed by atoms with van der Waals surface area (Å²) >= 11 is 0. The molecule has 146 valence electrons. The molecule has 0 aliphatic carbocycles. The highest BCUT2D eigenvalue weighted by atomic mass is 16.5. The second kappa shape index (κ2) is 8.74. The zero-order valence-corrected chi connectivity index (χ0v) is 16.8. The van der Waals surface area contributed by atoms with Crippen LogP contribution in [0.3, 0.4) is 0 Å². The summed E-state index contributed by atoms with van der Waals surface area (Å²) < 4.78 is 11.1. The second-order valence-electron chi connectivity index (χ2n) is 6.71. The Morgan fingerprint density at radius 1 is 1.14 bits per heavy atom. The number of rotatable bonds is 7. The Kier molecular flexibility index (Phi) is 6.14. The summed E-state index contributed by atoms with van der Waals surface area (Å²) in [4.78, 5) is 17.1. The normalized spacial score (nSPS) is 10.7. The monoisotopic (exact) mass is 378 g/mol. The number of benzene rings is 2. The van der Waals surface area contributed by atoms with Crippen LogP contribution in [0, 0.1) is 13.8 Å². The van der Waals surface area contributed by atoms with Crippen LogP contribution >= 0.6 is 0 Å². The molecular formula is C23H26N2O3. The lowest BCUT2D eigenvalue weighted by Crippen LogP contribution is -2.10. The number of fused-ring (bicyclic) bond motifs is 1. The molecule has 2 aromatic carbocycles. The molecule has 5 heteroatoms. The number of nitrogens with one attached hydrogen (secondary N) is 1. The van der Waals surface area contributed by atoms with E-state index in [1.54, 1.807) is 13.1 Å². The van der Waals surface area contributed by atoms with Gasteiger partial charge in [-0.05, 0) is 51.0 Å². The van der Waals surface area contributed by atoms with E-state index in [1.165, 1.54) is 0 Å². The molecule has 1 heterocycles. The van der Waals surface area contributed by atoms with E-state index in [0.717, 1.165) is 39.9 Å². The summed E-state index contributed by atoms with van der Waals surface area (Å²) in [5.74, 6) is 0.346. The van der Waals surface area contributed by atoms with Crippen molar-refractivity contribution in [2.45, 2.75) is 34.1 Å². The largest absolute Gasteiger partial charge is 0.491 e. The van der Waals surface area contributed by atoms with Crippen LogP contribution in [0.15, 0.2) is 42.6 Å². The molecule has 28 heavy (non-hydrogen) atoms. The summed E-state index contributed by atoms with van der Waals surface area (Å²) in [5.41, 5.74) is 4.91. The average Bonchev–Trinajstić information content (AvgIpc) is 2.67. The number of para-hydroxylation sites is 2. The zero-order chi connectivity index (χ0) is 20.1. The molecule has 0 saturated carbocycles. The van der Waals surface area contributed by atoms with Crippen molar-refractivity contribution in [3.05, 3.63) is 59.3 Å². The SMILES string of the molecule is CCCOc1ccccc1Nc1c(C(=O)OCC)cnc2c(C)cc(C)cc12. The van der Waals surface area contributed by atoms with Gasteiger partial charge in [0.15, 0.2) is 0 Å². The van der Waals surface area contributed by atoms with Gasteiger partial charge in [-0.2, -0.15) is 0 Å². The van der Waals surface area contributed by atoms with Gasteiger partial charge in [0.25, 0.3) is 0 Å². The third kappa shape index (κ3) is 4.09. The summed E-state index contributed by atoms with van der Waals surface area (Å²) in [6.07, 6.45) is 2.50. The molecule has 5 nitrogen and oxygen atoms in total. The average molecular weight is 378 g/mol. The molecule has 0 spiro atoms. The molecule has 3 aromatic rings. The van der Waals surface area contributed by atoms with Crippen molar-refractivity contribution in [2.24, 2.45) is 0 Å². The number of carbonyl (C=O) groups is 1. The smallest absolute Gasteiger partial charge is 0.341 e. The number of esters is 1. The molecule has 0 fully saturated rings. The fourth-order valence-electron chi connectivity index (χ4n) is 3.20. The van der Waals surface area contributed by atoms with Crippen LogP contribution in [0.2, 0.25) is 0 Å². The first-order valence-corrected chi connectivity index (χ1v) is 9.61. The number of hydrogen-bond donors (Lipinski definition) is 1. The Morgan fingerprint density at radius 2 is 1.93 bits per heavy atom. The van der Waals surface area contributed by atoms with Gasteiger partial charge in [-0.15, -0.1) is 0 Å². The van der Waals surface area contributed by atoms with Gasteiger partial charge in [0, 0.05) is 11.6 Å². The predicted octanol–water partition coefficient (Wildman–Crippen LogP) is 5.56. The first-order valence-electron chi connectivity index (χ1n) is 9.61. The minimum atomic E-state index is -0.398. The molecule has 1 N–H and O–H groups in total. The molecule has 0 atom stereocenters. The predicted molar refractivity (Wildman–Crippen MR) is 113 cm³/mol. The second-order valence-corrected chi connectivity index (χ2v) is 6.71. The van der Waals surface area contributed by atoms with Gasteiger partial charge in [0.05, 0.1) is 30.1 Å². The van der Waals surface area contributed by atoms with Crippen molar-refractivity contribution < 1.29 is 14.3 Å². The van der Waals surface area contributed by atoms with Gasteiger partial charge < -0.3 is 14.8 Å². The van der Waals surface area contributed by atoms with Crippen molar-refractivity contribution >= 4 is 28.2 Å². The molecular weight excluding hydrogens is 352 g/mol. The number of pyridine rings is 1. The minimum Gasteiger partial charge on any atom is -0.491 e. The number of aromatic nitrogens is 1. The van der Waals surface area contributed by atoms with Crippen LogP contribution in [-0.4, -0.2) is 24.2 Å². The lowest BCUT2D eigenvalue weighted by atomic mass is 10.0. The maximum atomic E-state index is 12.6. The Hall–Kier alpha value is -3.08. The molecule has 3 rings (SSSR count). The first kappa shape index (κ1) is 19.7. The van der Waals surface area contributed by atoms with E-state index < -0.39 is 5.97 Å². The first-order chi connectivity index (χ1) is 13.5. The Balaban J connectivity index is 2.17. The van der Waals surface area contributed by atoms with Crippen molar-refractivity contribution in [2.75, 3.05) is 18.5 Å². The van der Waals surface area contributed by atoms with Gasteiger partial charge in [0.1, 0.15) is 11.3 Å². The summed E-state index contributed by atoms with van der Waals surface area (Å²) in [6, 6.07) is 11.8. The number of carbonyl (C=O) groups excluding carboxylic acids is 1. The standard InChI is InChI=1S/C23H26N2O3/c1-5-11-28-20-10-8-7-9-19(20)25-22-17-13-15(3)12-16(4)21(17)24-14-18(22)23(26)27-6-2/h7-10,12-14H,5-6,11H2,1-4H3,(H,24,25). The van der Waals surface area contributed by atoms with E-state index in [1.807, 2.05) is 44.2 Å². The molecule has 0 aliphatic heterocycles. The Morgan fingerprint density at radius 3 is 2.68 bits per heavy atom. The quantitative estimate of drug-likeness (QED) is 0.545. The fourth-order valence-corrected chi connectivity index (χ4v) is 3.20. The summed E-state index contributed by atoms with van der Waals surface area (Å²) in [5, 5.41) is 4.30. The molecule has 0 saturated heterocycles. The topological polar surface area (TPSA) is 60.5 Å². The molecule has 0 aliphatic rings. The van der Waals surface area contributed by atoms with Crippen LogP contribution in [0.25, 0.3) is 10.9 Å². The van der Waals surface area contributed by atoms with Crippen LogP contribution in [0.5, 0.6) is 5.75 Å². The lowest BCUT2D eigenvalue weighted by molar-refractivity contribution is 0.0527. The molecule has 1 aromatic heterocycles. The lowest BCUT2D eigenvalue weighted by Gasteiger charge is -2.18. The van der Waals surface area contributed by atoms with Crippen LogP contribution in [0.4, 0.5) is 11.4 Å². The summed E-state index contributed by atoms with van der Waals surface area (Å²) in [7, 11) is 0. The number of hydrogen-bond acceptors (Lipinski definition) is 5. The Labute approximate surface area is 165 Å². The zero-order valence-electron chi connectivity index (χ0n) is 16.8. The molecule has 0 radical (unpaired) electrons. The van der Waals surface area contributed by atoms with E-state index >= 15 is 0 Å². The van der Waals surface area contributed by atoms with Crippen molar-refractivity contribution in [1.82, 2.24) is 4.98 Å². The van der Waals surface area contributed by atoms with E-state index in [9.17, 15) is 4.79 Å². The van der Waals surface area contributed by atoms with Gasteiger partial charge in [-0.25, -0.2) is 4.79 Å². The Bertz CT molecular complexity index is 999. The van der Waals surface area contributed by atoms with Gasteiger partial charge in [0.2, 0.25) is 0 Å². The van der Waals surface area contributed by atoms with Gasteiger partial charge >= 0.3 is 5.97 Å². The highest BCUT2D eigenvalue weighted by molar-refractivity contribution is 6.07. The molecule has 0 amide bonds. The van der Waals surface area contributed by atoms with Crippen LogP contribution in [-0.2, 0) is 4.74 Å². The minimum absolute atomic E-state index is 0.305. The number of nitrogens with zero attached hydrogens (tertiary/aromatic N) is 1. The van der Waals surface area contributed by atoms with Crippen LogP contribution < -0.4 is 10.1 Å². The maximum Gasteiger partial charge on any atom is 0.341 e. The summed E-state index contributed by atoms with van der Waals surface area (Å²) in [6.45, 7) is 8.84. The van der Waals surface area contributed by atoms with Crippen LogP contribution in [0.1, 0.15) is 41.8 Å². The number of aryl methyl sites for hydroxylation is 2. The fraction of sp³-hybridized carbons (Fsp3) is 0.304. The third-order valence-corrected chi connectivity index (χ3v) is 4.41. The van der Waals surface area contributed by atoms with E-state index in [4.69, 9.17) is 9.47 Å². The van der Waals surface area contributed by atoms with E-state index in [2.05, 4.69) is 23.3 Å². The van der Waals surface area contributed by atoms with Gasteiger partial charge in [-0.1, -0.05) is 30.7 Å². The number of anilines is 2. The maximum absolute atomic E-state index is 12.6. The highest BCUT2D eigenvalue weighted by Gasteiger charge is 2.19. The van der Waals surface area contributed by atoms with E-state index in [0.29, 0.717) is 24.5 Å². The number of ether oxygens (including phenoxy) is 2.